The van der Waals surface area contributed by atoms with Crippen molar-refractivity contribution in [3.63, 3.8) is 0 Å². The van der Waals surface area contributed by atoms with Crippen LogP contribution in [-0.2, 0) is 13.1 Å². The Morgan fingerprint density at radius 3 is 2.38 bits per heavy atom. The topological polar surface area (TPSA) is 51.4 Å². The van der Waals surface area contributed by atoms with E-state index in [1.807, 2.05) is 30.3 Å². The number of benzene rings is 2. The van der Waals surface area contributed by atoms with Crippen molar-refractivity contribution in [1.29, 1.82) is 0 Å². The Bertz CT molecular complexity index is 1110. The summed E-state index contributed by atoms with van der Waals surface area (Å²) in [4.78, 5) is 20.4. The largest absolute Gasteiger partial charge is 0.358 e. The first-order valence-electron chi connectivity index (χ1n) is 11.3. The summed E-state index contributed by atoms with van der Waals surface area (Å²) in [6.45, 7) is 13.2. The van der Waals surface area contributed by atoms with E-state index in [1.165, 1.54) is 16.7 Å². The maximum absolute atomic E-state index is 12.9. The summed E-state index contributed by atoms with van der Waals surface area (Å²) >= 11 is 5.76. The number of aromatic amines is 1. The normalized spacial score (nSPS) is 11.2. The number of aromatic nitrogens is 1. The molecule has 0 aliphatic rings. The molecule has 2 aromatic carbocycles. The molecule has 3 aromatic rings. The van der Waals surface area contributed by atoms with Gasteiger partial charge in [0, 0.05) is 30.7 Å². The van der Waals surface area contributed by atoms with Gasteiger partial charge in [-0.1, -0.05) is 44.2 Å². The molecule has 32 heavy (non-hydrogen) atoms. The fraction of sp³-hybridized carbons (Fsp3) is 0.385. The van der Waals surface area contributed by atoms with Crippen LogP contribution in [0.2, 0.25) is 0 Å². The quantitative estimate of drug-likeness (QED) is 0.474. The first-order valence-corrected chi connectivity index (χ1v) is 11.7. The third kappa shape index (κ3) is 6.17. The third-order valence-corrected chi connectivity index (χ3v) is 6.45. The van der Waals surface area contributed by atoms with E-state index in [4.69, 9.17) is 12.2 Å². The number of nitrogens with one attached hydrogen (secondary N) is 2. The molecular formula is C26H34N4OS. The van der Waals surface area contributed by atoms with Gasteiger partial charge in [0.25, 0.3) is 5.56 Å². The zero-order valence-corrected chi connectivity index (χ0v) is 20.4. The third-order valence-electron chi connectivity index (χ3n) is 6.05. The average molecular weight is 451 g/mol. The van der Waals surface area contributed by atoms with Crippen LogP contribution in [0.1, 0.15) is 36.1 Å². The lowest BCUT2D eigenvalue weighted by molar-refractivity contribution is 0.263. The zero-order valence-electron chi connectivity index (χ0n) is 19.6. The minimum absolute atomic E-state index is 0.0561. The van der Waals surface area contributed by atoms with Crippen LogP contribution < -0.4 is 10.9 Å². The molecule has 2 N–H and O–H groups in total. The van der Waals surface area contributed by atoms with Crippen LogP contribution >= 0.6 is 12.2 Å². The van der Waals surface area contributed by atoms with Crippen LogP contribution in [-0.4, -0.2) is 46.1 Å². The maximum atomic E-state index is 12.9. The molecule has 170 valence electrons. The van der Waals surface area contributed by atoms with Crippen molar-refractivity contribution < 1.29 is 0 Å². The number of H-pyrrole nitrogens is 1. The smallest absolute Gasteiger partial charge is 0.253 e. The number of hydrogen-bond acceptors (Lipinski definition) is 3. The molecule has 0 saturated carbocycles. The van der Waals surface area contributed by atoms with E-state index in [0.29, 0.717) is 18.2 Å². The lowest BCUT2D eigenvalue weighted by atomic mass is 10.0. The molecule has 5 nitrogen and oxygen atoms in total. The summed E-state index contributed by atoms with van der Waals surface area (Å²) in [6.07, 6.45) is 0. The first-order chi connectivity index (χ1) is 15.4. The van der Waals surface area contributed by atoms with Crippen LogP contribution in [0.5, 0.6) is 0 Å². The molecule has 1 heterocycles. The molecule has 1 aromatic heterocycles. The van der Waals surface area contributed by atoms with Gasteiger partial charge in [-0.3, -0.25) is 4.79 Å². The molecule has 0 atom stereocenters. The number of nitrogens with zero attached hydrogens (tertiary/aromatic N) is 2. The molecule has 0 saturated heterocycles. The second-order valence-corrected chi connectivity index (χ2v) is 8.63. The van der Waals surface area contributed by atoms with Gasteiger partial charge >= 0.3 is 0 Å². The molecule has 3 rings (SSSR count). The Hall–Kier alpha value is -2.70. The molecule has 0 aliphatic heterocycles. The highest BCUT2D eigenvalue weighted by atomic mass is 32.1. The fourth-order valence-corrected chi connectivity index (χ4v) is 4.01. The van der Waals surface area contributed by atoms with Gasteiger partial charge in [-0.15, -0.1) is 0 Å². The van der Waals surface area contributed by atoms with Gasteiger partial charge in [0.1, 0.15) is 0 Å². The predicted molar refractivity (Wildman–Crippen MR) is 138 cm³/mol. The number of hydrogen-bond donors (Lipinski definition) is 2. The minimum Gasteiger partial charge on any atom is -0.358 e. The predicted octanol–water partition coefficient (Wildman–Crippen LogP) is 4.36. The van der Waals surface area contributed by atoms with Crippen molar-refractivity contribution in [2.75, 3.05) is 26.2 Å². The number of rotatable bonds is 9. The van der Waals surface area contributed by atoms with Crippen molar-refractivity contribution in [3.05, 3.63) is 81.1 Å². The van der Waals surface area contributed by atoms with Crippen LogP contribution in [0, 0.1) is 13.8 Å². The standard InChI is InChI=1S/C26H34N4OS/c1-5-29(6-2)12-13-30(26(32)27-17-21-10-8-7-9-11-21)18-23-16-22-14-19(3)20(4)15-24(22)28-25(23)31/h7-11,14-16H,5-6,12-13,17-18H2,1-4H3,(H,27,32)(H,28,31). The molecule has 0 amide bonds. The Morgan fingerprint density at radius 2 is 1.69 bits per heavy atom. The molecule has 0 radical (unpaired) electrons. The van der Waals surface area contributed by atoms with E-state index >= 15 is 0 Å². The zero-order chi connectivity index (χ0) is 23.1. The summed E-state index contributed by atoms with van der Waals surface area (Å²) in [5.74, 6) is 0. The lowest BCUT2D eigenvalue weighted by Gasteiger charge is -2.29. The monoisotopic (exact) mass is 450 g/mol. The van der Waals surface area contributed by atoms with E-state index in [0.717, 1.165) is 42.6 Å². The number of pyridine rings is 1. The van der Waals surface area contributed by atoms with Crippen molar-refractivity contribution >= 4 is 28.2 Å². The molecule has 0 aliphatic carbocycles. The summed E-state index contributed by atoms with van der Waals surface area (Å²) < 4.78 is 0. The van der Waals surface area contributed by atoms with E-state index in [1.54, 1.807) is 0 Å². The first kappa shape index (κ1) is 24.0. The molecule has 0 unspecified atom stereocenters. The van der Waals surface area contributed by atoms with Crippen molar-refractivity contribution in [3.8, 4) is 0 Å². The van der Waals surface area contributed by atoms with Gasteiger partial charge < -0.3 is 20.1 Å². The Kier molecular flexibility index (Phi) is 8.42. The number of likely N-dealkylation sites (N-methyl/N-ethyl adjacent to an activating group) is 1. The molecular weight excluding hydrogens is 416 g/mol. The highest BCUT2D eigenvalue weighted by Gasteiger charge is 2.15. The number of aryl methyl sites for hydroxylation is 2. The van der Waals surface area contributed by atoms with E-state index in [9.17, 15) is 4.79 Å². The van der Waals surface area contributed by atoms with Gasteiger partial charge in [0.05, 0.1) is 6.54 Å². The Balaban J connectivity index is 1.82. The van der Waals surface area contributed by atoms with E-state index < -0.39 is 0 Å². The second kappa shape index (κ2) is 11.2. The van der Waals surface area contributed by atoms with Crippen molar-refractivity contribution in [2.45, 2.75) is 40.8 Å². The minimum atomic E-state index is -0.0561. The number of thiocarbonyl (C=S) groups is 1. The summed E-state index contributed by atoms with van der Waals surface area (Å²) in [5, 5.41) is 5.10. The highest BCUT2D eigenvalue weighted by molar-refractivity contribution is 7.80. The molecule has 6 heteroatoms. The molecule has 0 bridgehead atoms. The summed E-state index contributed by atoms with van der Waals surface area (Å²) in [5.41, 5.74) is 5.11. The molecule has 0 spiro atoms. The maximum Gasteiger partial charge on any atom is 0.253 e. The van der Waals surface area contributed by atoms with Gasteiger partial charge in [-0.05, 0) is 79.4 Å². The Morgan fingerprint density at radius 1 is 1.00 bits per heavy atom. The highest BCUT2D eigenvalue weighted by Crippen LogP contribution is 2.18. The summed E-state index contributed by atoms with van der Waals surface area (Å²) in [6, 6.07) is 16.4. The van der Waals surface area contributed by atoms with Crippen LogP contribution in [0.25, 0.3) is 10.9 Å². The van der Waals surface area contributed by atoms with Gasteiger partial charge in [0.2, 0.25) is 0 Å². The second-order valence-electron chi connectivity index (χ2n) is 8.24. The lowest BCUT2D eigenvalue weighted by Crippen LogP contribution is -2.44. The van der Waals surface area contributed by atoms with E-state index in [2.05, 4.69) is 66.0 Å². The van der Waals surface area contributed by atoms with Crippen LogP contribution in [0.4, 0.5) is 0 Å². The van der Waals surface area contributed by atoms with Gasteiger partial charge in [-0.2, -0.15) is 0 Å². The fourth-order valence-electron chi connectivity index (χ4n) is 3.78. The van der Waals surface area contributed by atoms with Crippen LogP contribution in [0.15, 0.2) is 53.3 Å². The SMILES string of the molecule is CCN(CC)CCN(Cc1cc2cc(C)c(C)cc2[nH]c1=O)C(=S)NCc1ccccc1. The van der Waals surface area contributed by atoms with E-state index in [-0.39, 0.29) is 5.56 Å². The van der Waals surface area contributed by atoms with Gasteiger partial charge in [0.15, 0.2) is 5.11 Å². The summed E-state index contributed by atoms with van der Waals surface area (Å²) in [7, 11) is 0. The molecule has 0 fully saturated rings. The van der Waals surface area contributed by atoms with Crippen molar-refractivity contribution in [1.82, 2.24) is 20.1 Å². The average Bonchev–Trinajstić information content (AvgIpc) is 2.79. The van der Waals surface area contributed by atoms with Crippen molar-refractivity contribution in [2.24, 2.45) is 0 Å². The number of fused-ring (bicyclic) bond motifs is 1. The van der Waals surface area contributed by atoms with Crippen LogP contribution in [0.3, 0.4) is 0 Å². The van der Waals surface area contributed by atoms with Gasteiger partial charge in [-0.25, -0.2) is 0 Å². The Labute approximate surface area is 196 Å².